The lowest BCUT2D eigenvalue weighted by Gasteiger charge is -2.31. The van der Waals surface area contributed by atoms with Crippen LogP contribution < -0.4 is 0 Å². The maximum absolute atomic E-state index is 12.9. The fraction of sp³-hybridized carbons (Fsp3) is 0.250. The summed E-state index contributed by atoms with van der Waals surface area (Å²) in [7, 11) is 0. The number of para-hydroxylation sites is 1. The van der Waals surface area contributed by atoms with Crippen LogP contribution in [0, 0.1) is 5.92 Å². The third-order valence-electron chi connectivity index (χ3n) is 5.80. The molecule has 2 aromatic heterocycles. The first-order chi connectivity index (χ1) is 15.3. The van der Waals surface area contributed by atoms with E-state index < -0.39 is 0 Å². The van der Waals surface area contributed by atoms with Crippen LogP contribution in [0.25, 0.3) is 17.1 Å². The van der Waals surface area contributed by atoms with Gasteiger partial charge in [-0.3, -0.25) is 4.79 Å². The molecule has 7 heteroatoms. The summed E-state index contributed by atoms with van der Waals surface area (Å²) in [5, 5.41) is 8.64. The van der Waals surface area contributed by atoms with Crippen molar-refractivity contribution in [1.29, 1.82) is 0 Å². The van der Waals surface area contributed by atoms with E-state index in [0.717, 1.165) is 49.6 Å². The van der Waals surface area contributed by atoms with E-state index in [9.17, 15) is 4.79 Å². The Morgan fingerprint density at radius 3 is 2.42 bits per heavy atom. The van der Waals surface area contributed by atoms with Gasteiger partial charge in [-0.15, -0.1) is 5.10 Å². The van der Waals surface area contributed by atoms with Crippen LogP contribution >= 0.6 is 0 Å². The van der Waals surface area contributed by atoms with Crippen LogP contribution in [-0.2, 0) is 6.54 Å². The molecule has 7 nitrogen and oxygen atoms in total. The second-order valence-corrected chi connectivity index (χ2v) is 7.86. The minimum absolute atomic E-state index is 0.0479. The van der Waals surface area contributed by atoms with Gasteiger partial charge in [0.25, 0.3) is 5.91 Å². The highest BCUT2D eigenvalue weighted by atomic mass is 16.2. The van der Waals surface area contributed by atoms with Crippen LogP contribution in [0.2, 0.25) is 0 Å². The third kappa shape index (κ3) is 4.12. The second-order valence-electron chi connectivity index (χ2n) is 7.86. The standard InChI is InChI=1S/C24H24N6O/c31-24(22-17-26-30(27-22)21-9-5-2-6-10-21)28-14-11-19(12-15-28)18-29-16-13-25-23(29)20-7-3-1-4-8-20/h1-10,13,16-17,19H,11-12,14-15,18H2. The number of imidazole rings is 1. The average Bonchev–Trinajstić information content (AvgIpc) is 3.50. The molecule has 0 unspecified atom stereocenters. The lowest BCUT2D eigenvalue weighted by atomic mass is 9.96. The largest absolute Gasteiger partial charge is 0.337 e. The Bertz CT molecular complexity index is 1140. The van der Waals surface area contributed by atoms with Crippen molar-refractivity contribution in [3.63, 3.8) is 0 Å². The highest BCUT2D eigenvalue weighted by Crippen LogP contribution is 2.24. The Kier molecular flexibility index (Phi) is 5.31. The lowest BCUT2D eigenvalue weighted by molar-refractivity contribution is 0.0676. The Labute approximate surface area is 181 Å². The number of rotatable bonds is 5. The normalized spacial score (nSPS) is 14.6. The third-order valence-corrected chi connectivity index (χ3v) is 5.80. The molecule has 1 saturated heterocycles. The molecule has 2 aromatic carbocycles. The van der Waals surface area contributed by atoms with Crippen molar-refractivity contribution in [1.82, 2.24) is 29.4 Å². The average molecular weight is 412 g/mol. The number of benzene rings is 2. The van der Waals surface area contributed by atoms with Gasteiger partial charge < -0.3 is 9.47 Å². The van der Waals surface area contributed by atoms with E-state index in [4.69, 9.17) is 0 Å². The minimum Gasteiger partial charge on any atom is -0.337 e. The van der Waals surface area contributed by atoms with E-state index in [-0.39, 0.29) is 5.91 Å². The summed E-state index contributed by atoms with van der Waals surface area (Å²) >= 11 is 0. The quantitative estimate of drug-likeness (QED) is 0.501. The number of carbonyl (C=O) groups is 1. The summed E-state index contributed by atoms with van der Waals surface area (Å²) in [4.78, 5) is 20.8. The summed E-state index contributed by atoms with van der Waals surface area (Å²) in [6, 6.07) is 19.9. The molecular formula is C24H24N6O. The number of piperidine rings is 1. The zero-order chi connectivity index (χ0) is 21.0. The number of hydrogen-bond acceptors (Lipinski definition) is 4. The Morgan fingerprint density at radius 2 is 1.68 bits per heavy atom. The number of likely N-dealkylation sites (tertiary alicyclic amines) is 1. The molecule has 0 aliphatic carbocycles. The number of nitrogens with zero attached hydrogens (tertiary/aromatic N) is 6. The first-order valence-electron chi connectivity index (χ1n) is 10.6. The predicted octanol–water partition coefficient (Wildman–Crippen LogP) is 3.68. The first-order valence-corrected chi connectivity index (χ1v) is 10.6. The second kappa shape index (κ2) is 8.55. The highest BCUT2D eigenvalue weighted by Gasteiger charge is 2.26. The molecule has 0 N–H and O–H groups in total. The van der Waals surface area contributed by atoms with Gasteiger partial charge in [0, 0.05) is 37.6 Å². The molecule has 0 saturated carbocycles. The first kappa shape index (κ1) is 19.2. The van der Waals surface area contributed by atoms with Crippen LogP contribution in [0.4, 0.5) is 0 Å². The van der Waals surface area contributed by atoms with E-state index in [2.05, 4.69) is 31.9 Å². The molecule has 0 atom stereocenters. The molecular weight excluding hydrogens is 388 g/mol. The molecule has 0 radical (unpaired) electrons. The van der Waals surface area contributed by atoms with Crippen LogP contribution in [0.5, 0.6) is 0 Å². The summed E-state index contributed by atoms with van der Waals surface area (Å²) in [5.74, 6) is 1.46. The molecule has 1 amide bonds. The van der Waals surface area contributed by atoms with Crippen molar-refractivity contribution in [2.75, 3.05) is 13.1 Å². The highest BCUT2D eigenvalue weighted by molar-refractivity contribution is 5.92. The molecule has 5 rings (SSSR count). The monoisotopic (exact) mass is 412 g/mol. The maximum Gasteiger partial charge on any atom is 0.276 e. The van der Waals surface area contributed by atoms with Crippen molar-refractivity contribution >= 4 is 5.91 Å². The molecule has 3 heterocycles. The maximum atomic E-state index is 12.9. The SMILES string of the molecule is O=C(c1cnn(-c2ccccc2)n1)N1CCC(Cn2ccnc2-c2ccccc2)CC1. The van der Waals surface area contributed by atoms with Gasteiger partial charge in [-0.05, 0) is 30.9 Å². The fourth-order valence-electron chi connectivity index (χ4n) is 4.11. The van der Waals surface area contributed by atoms with E-state index in [1.165, 1.54) is 4.80 Å². The molecule has 31 heavy (non-hydrogen) atoms. The van der Waals surface area contributed by atoms with Gasteiger partial charge in [-0.1, -0.05) is 48.5 Å². The summed E-state index contributed by atoms with van der Waals surface area (Å²) < 4.78 is 2.23. The van der Waals surface area contributed by atoms with Crippen molar-refractivity contribution in [3.05, 3.63) is 84.9 Å². The molecule has 0 bridgehead atoms. The van der Waals surface area contributed by atoms with Crippen molar-refractivity contribution in [2.24, 2.45) is 5.92 Å². The molecule has 1 aliphatic rings. The Morgan fingerprint density at radius 1 is 0.968 bits per heavy atom. The lowest BCUT2D eigenvalue weighted by Crippen LogP contribution is -2.39. The molecule has 0 spiro atoms. The zero-order valence-corrected chi connectivity index (χ0v) is 17.2. The van der Waals surface area contributed by atoms with E-state index in [0.29, 0.717) is 11.6 Å². The van der Waals surface area contributed by atoms with Gasteiger partial charge in [0.1, 0.15) is 5.82 Å². The summed E-state index contributed by atoms with van der Waals surface area (Å²) in [5.41, 5.74) is 2.36. The predicted molar refractivity (Wildman–Crippen MR) is 118 cm³/mol. The van der Waals surface area contributed by atoms with Crippen molar-refractivity contribution in [2.45, 2.75) is 19.4 Å². The van der Waals surface area contributed by atoms with Gasteiger partial charge in [-0.25, -0.2) is 4.98 Å². The number of carbonyl (C=O) groups excluding carboxylic acids is 1. The van der Waals surface area contributed by atoms with E-state index in [1.807, 2.05) is 65.8 Å². The zero-order valence-electron chi connectivity index (χ0n) is 17.2. The van der Waals surface area contributed by atoms with Crippen LogP contribution in [0.3, 0.4) is 0 Å². The molecule has 156 valence electrons. The van der Waals surface area contributed by atoms with Gasteiger partial charge in [0.15, 0.2) is 5.69 Å². The van der Waals surface area contributed by atoms with Crippen LogP contribution in [-0.4, -0.2) is 48.4 Å². The number of amides is 1. The van der Waals surface area contributed by atoms with Gasteiger partial charge in [0.05, 0.1) is 11.9 Å². The van der Waals surface area contributed by atoms with Crippen LogP contribution in [0.15, 0.2) is 79.3 Å². The van der Waals surface area contributed by atoms with Gasteiger partial charge in [-0.2, -0.15) is 9.90 Å². The van der Waals surface area contributed by atoms with E-state index >= 15 is 0 Å². The number of hydrogen-bond donors (Lipinski definition) is 0. The minimum atomic E-state index is -0.0479. The van der Waals surface area contributed by atoms with E-state index in [1.54, 1.807) is 6.20 Å². The van der Waals surface area contributed by atoms with Gasteiger partial charge in [0.2, 0.25) is 0 Å². The summed E-state index contributed by atoms with van der Waals surface area (Å²) in [6.45, 7) is 2.38. The van der Waals surface area contributed by atoms with Crippen LogP contribution in [0.1, 0.15) is 23.3 Å². The van der Waals surface area contributed by atoms with Gasteiger partial charge >= 0.3 is 0 Å². The smallest absolute Gasteiger partial charge is 0.276 e. The topological polar surface area (TPSA) is 68.8 Å². The van der Waals surface area contributed by atoms with Crippen molar-refractivity contribution < 1.29 is 4.79 Å². The van der Waals surface area contributed by atoms with Crippen molar-refractivity contribution in [3.8, 4) is 17.1 Å². The summed E-state index contributed by atoms with van der Waals surface area (Å²) in [6.07, 6.45) is 7.38. The fourth-order valence-corrected chi connectivity index (χ4v) is 4.11. The molecule has 4 aromatic rings. The molecule has 1 aliphatic heterocycles. The Balaban J connectivity index is 1.20. The molecule has 1 fully saturated rings. The Hall–Kier alpha value is -3.74. The number of aromatic nitrogens is 5.